The fraction of sp³-hybridized carbons (Fsp3) is 0.545. The number of nitrogens with zero attached hydrogens (tertiary/aromatic N) is 6. The van der Waals surface area contributed by atoms with Gasteiger partial charge in [-0.15, -0.1) is 0 Å². The third-order valence-corrected chi connectivity index (χ3v) is 9.16. The number of amides is 1. The second kappa shape index (κ2) is 13.0. The molecular weight excluding hydrogens is 528 g/mol. The number of hydrogen-bond donors (Lipinski definition) is 0. The molecule has 1 amide bonds. The third kappa shape index (κ3) is 6.19. The van der Waals surface area contributed by atoms with E-state index >= 15 is 0 Å². The molecule has 1 aliphatic carbocycles. The average Bonchev–Trinajstić information content (AvgIpc) is 3.42. The number of likely N-dealkylation sites (tertiary alicyclic amines) is 1. The van der Waals surface area contributed by atoms with Crippen molar-refractivity contribution in [3.63, 3.8) is 0 Å². The molecule has 0 radical (unpaired) electrons. The Morgan fingerprint density at radius 3 is 2.71 bits per heavy atom. The van der Waals surface area contributed by atoms with Gasteiger partial charge in [0.15, 0.2) is 5.78 Å². The SMILES string of the molecule is C=CC(=O)N1CCN(c2nc(OCC3CCCN3C)nc(C(=O)[C@H]3CCc4ccc(C)cc4C3)c2CC)CC1CC#N. The molecule has 3 atom stereocenters. The number of carbonyl (C=O) groups excluding carboxylic acids is 2. The zero-order chi connectivity index (χ0) is 29.8. The molecule has 5 rings (SSSR count). The third-order valence-electron chi connectivity index (χ3n) is 9.16. The van der Waals surface area contributed by atoms with E-state index in [-0.39, 0.29) is 42.1 Å². The van der Waals surface area contributed by atoms with Crippen molar-refractivity contribution in [2.75, 3.05) is 44.7 Å². The molecular formula is C33H42N6O3. The lowest BCUT2D eigenvalue weighted by Gasteiger charge is -2.41. The monoisotopic (exact) mass is 570 g/mol. The highest BCUT2D eigenvalue weighted by molar-refractivity contribution is 5.99. The van der Waals surface area contributed by atoms with E-state index in [4.69, 9.17) is 14.7 Å². The molecule has 2 aliphatic heterocycles. The van der Waals surface area contributed by atoms with Gasteiger partial charge in [-0.05, 0) is 76.2 Å². The van der Waals surface area contributed by atoms with Gasteiger partial charge in [-0.1, -0.05) is 37.3 Å². The molecule has 1 aromatic carbocycles. The first-order valence-corrected chi connectivity index (χ1v) is 15.2. The molecule has 9 heteroatoms. The van der Waals surface area contributed by atoms with Crippen molar-refractivity contribution >= 4 is 17.5 Å². The maximum Gasteiger partial charge on any atom is 0.319 e. The summed E-state index contributed by atoms with van der Waals surface area (Å²) in [6.07, 6.45) is 6.63. The quantitative estimate of drug-likeness (QED) is 0.330. The predicted molar refractivity (Wildman–Crippen MR) is 162 cm³/mol. The zero-order valence-corrected chi connectivity index (χ0v) is 25.1. The summed E-state index contributed by atoms with van der Waals surface area (Å²) in [5.41, 5.74) is 5.02. The molecule has 0 bridgehead atoms. The van der Waals surface area contributed by atoms with Crippen LogP contribution in [0.15, 0.2) is 30.9 Å². The number of rotatable bonds is 9. The zero-order valence-electron chi connectivity index (χ0n) is 25.1. The van der Waals surface area contributed by atoms with Crippen molar-refractivity contribution in [1.82, 2.24) is 19.8 Å². The maximum atomic E-state index is 14.2. The van der Waals surface area contributed by atoms with Crippen LogP contribution in [-0.4, -0.2) is 83.4 Å². The summed E-state index contributed by atoms with van der Waals surface area (Å²) in [7, 11) is 2.10. The highest BCUT2D eigenvalue weighted by Gasteiger charge is 2.35. The van der Waals surface area contributed by atoms with Crippen LogP contribution < -0.4 is 9.64 Å². The van der Waals surface area contributed by atoms with E-state index in [1.165, 1.54) is 22.8 Å². The molecule has 0 saturated carbocycles. The summed E-state index contributed by atoms with van der Waals surface area (Å²) in [5, 5.41) is 9.51. The van der Waals surface area contributed by atoms with E-state index < -0.39 is 0 Å². The number of Topliss-reactive ketones (excluding diaryl/α,β-unsaturated/α-hetero) is 1. The van der Waals surface area contributed by atoms with Crippen molar-refractivity contribution in [3.8, 4) is 12.1 Å². The topological polar surface area (TPSA) is 103 Å². The number of anilines is 1. The Morgan fingerprint density at radius 2 is 2.00 bits per heavy atom. The normalized spacial score (nSPS) is 22.4. The van der Waals surface area contributed by atoms with Crippen LogP contribution in [0, 0.1) is 24.2 Å². The van der Waals surface area contributed by atoms with Crippen LogP contribution in [0.2, 0.25) is 0 Å². The lowest BCUT2D eigenvalue weighted by Crippen LogP contribution is -2.55. The van der Waals surface area contributed by atoms with Gasteiger partial charge in [0.2, 0.25) is 5.91 Å². The van der Waals surface area contributed by atoms with Crippen LogP contribution in [-0.2, 0) is 24.1 Å². The Kier molecular flexibility index (Phi) is 9.22. The smallest absolute Gasteiger partial charge is 0.319 e. The summed E-state index contributed by atoms with van der Waals surface area (Å²) in [5.74, 6) is 0.377. The molecule has 1 aromatic heterocycles. The van der Waals surface area contributed by atoms with Gasteiger partial charge in [-0.3, -0.25) is 9.59 Å². The van der Waals surface area contributed by atoms with E-state index in [0.29, 0.717) is 50.6 Å². The van der Waals surface area contributed by atoms with Crippen LogP contribution in [0.5, 0.6) is 6.01 Å². The number of aromatic nitrogens is 2. The van der Waals surface area contributed by atoms with Crippen molar-refractivity contribution < 1.29 is 14.3 Å². The summed E-state index contributed by atoms with van der Waals surface area (Å²) >= 11 is 0. The number of likely N-dealkylation sites (N-methyl/N-ethyl adjacent to an activating group) is 1. The van der Waals surface area contributed by atoms with E-state index in [2.05, 4.69) is 54.6 Å². The minimum Gasteiger partial charge on any atom is -0.462 e. The summed E-state index contributed by atoms with van der Waals surface area (Å²) in [6, 6.07) is 8.96. The molecule has 42 heavy (non-hydrogen) atoms. The number of carbonyl (C=O) groups is 2. The van der Waals surface area contributed by atoms with E-state index in [1.54, 1.807) is 4.90 Å². The van der Waals surface area contributed by atoms with Gasteiger partial charge in [0, 0.05) is 37.2 Å². The number of fused-ring (bicyclic) bond motifs is 1. The second-order valence-corrected chi connectivity index (χ2v) is 11.9. The fourth-order valence-corrected chi connectivity index (χ4v) is 6.71. The number of nitriles is 1. The lowest BCUT2D eigenvalue weighted by molar-refractivity contribution is -0.128. The van der Waals surface area contributed by atoms with Gasteiger partial charge in [-0.25, -0.2) is 0 Å². The molecule has 222 valence electrons. The lowest BCUT2D eigenvalue weighted by atomic mass is 9.80. The van der Waals surface area contributed by atoms with E-state index in [1.807, 2.05) is 6.92 Å². The molecule has 0 spiro atoms. The van der Waals surface area contributed by atoms with Gasteiger partial charge in [-0.2, -0.15) is 15.2 Å². The number of benzene rings is 1. The largest absolute Gasteiger partial charge is 0.462 e. The van der Waals surface area contributed by atoms with E-state index in [0.717, 1.165) is 37.8 Å². The summed E-state index contributed by atoms with van der Waals surface area (Å²) in [6.45, 7) is 10.6. The number of piperazine rings is 1. The first kappa shape index (κ1) is 29.7. The molecule has 2 unspecified atom stereocenters. The first-order chi connectivity index (χ1) is 20.3. The second-order valence-electron chi connectivity index (χ2n) is 11.9. The standard InChI is InChI=1S/C33H42N6O3/c1-5-28-30(31(41)24-12-11-23-10-9-22(3)18-25(23)19-24)35-33(42-21-27-8-7-15-37(27)4)36-32(28)38-16-17-39(29(40)6-2)26(20-38)13-14-34/h6,9-10,18,24,26-27H,2,5,7-8,11-13,15-17,19-21H2,1,3-4H3/t24-,26?,27?/m0/s1. The Morgan fingerprint density at radius 1 is 1.17 bits per heavy atom. The van der Waals surface area contributed by atoms with Gasteiger partial charge >= 0.3 is 6.01 Å². The maximum absolute atomic E-state index is 14.2. The number of hydrogen-bond acceptors (Lipinski definition) is 8. The molecule has 0 N–H and O–H groups in total. The van der Waals surface area contributed by atoms with Gasteiger partial charge in [0.1, 0.15) is 18.1 Å². The number of aryl methyl sites for hydroxylation is 2. The summed E-state index contributed by atoms with van der Waals surface area (Å²) in [4.78, 5) is 42.5. The Bertz CT molecular complexity index is 1380. The first-order valence-electron chi connectivity index (χ1n) is 15.2. The van der Waals surface area contributed by atoms with Crippen LogP contribution in [0.25, 0.3) is 0 Å². The predicted octanol–water partition coefficient (Wildman–Crippen LogP) is 3.93. The number of ketones is 1. The molecule has 9 nitrogen and oxygen atoms in total. The highest BCUT2D eigenvalue weighted by atomic mass is 16.5. The minimum absolute atomic E-state index is 0.0412. The van der Waals surface area contributed by atoms with Crippen LogP contribution in [0.4, 0.5) is 5.82 Å². The molecule has 2 aromatic rings. The van der Waals surface area contributed by atoms with Gasteiger partial charge < -0.3 is 19.4 Å². The van der Waals surface area contributed by atoms with Crippen molar-refractivity contribution in [2.24, 2.45) is 5.92 Å². The Labute approximate surface area is 249 Å². The molecule has 2 fully saturated rings. The van der Waals surface area contributed by atoms with Crippen molar-refractivity contribution in [1.29, 1.82) is 5.26 Å². The Hall–Kier alpha value is -3.77. The van der Waals surface area contributed by atoms with Crippen molar-refractivity contribution in [2.45, 2.75) is 70.9 Å². The number of ether oxygens (including phenoxy) is 1. The van der Waals surface area contributed by atoms with Crippen molar-refractivity contribution in [3.05, 3.63) is 58.8 Å². The van der Waals surface area contributed by atoms with Gasteiger partial charge in [0.05, 0.1) is 18.5 Å². The van der Waals surface area contributed by atoms with Crippen LogP contribution in [0.1, 0.15) is 65.3 Å². The minimum atomic E-state index is -0.303. The molecule has 3 heterocycles. The molecule has 3 aliphatic rings. The van der Waals surface area contributed by atoms with E-state index in [9.17, 15) is 14.9 Å². The fourth-order valence-electron chi connectivity index (χ4n) is 6.71. The molecule has 2 saturated heterocycles. The average molecular weight is 571 g/mol. The van der Waals surface area contributed by atoms with Gasteiger partial charge in [0.25, 0.3) is 0 Å². The highest BCUT2D eigenvalue weighted by Crippen LogP contribution is 2.33. The summed E-state index contributed by atoms with van der Waals surface area (Å²) < 4.78 is 6.22. The van der Waals surface area contributed by atoms with Crippen LogP contribution >= 0.6 is 0 Å². The van der Waals surface area contributed by atoms with Crippen LogP contribution in [0.3, 0.4) is 0 Å². The Balaban J connectivity index is 1.49.